The van der Waals surface area contributed by atoms with Crippen molar-refractivity contribution in [3.05, 3.63) is 18.0 Å². The molecule has 0 saturated carbocycles. The molecular formula is C12H17N7S. The highest BCUT2D eigenvalue weighted by molar-refractivity contribution is 7.99. The minimum absolute atomic E-state index is 0.343. The fraction of sp³-hybridized carbons (Fsp3) is 0.333. The standard InChI is InChI=1S/C12H17N7S/c1-3-4-15-10-6-11(17-7(2)16-10)20-12-18-8(13)5-9(14)19-12/h5-6H,3-4H2,1-2H3,(H,15,16,17)(H4,13,14,18,19). The lowest BCUT2D eigenvalue weighted by Crippen LogP contribution is -2.04. The van der Waals surface area contributed by atoms with E-state index in [0.29, 0.717) is 22.6 Å². The summed E-state index contributed by atoms with van der Waals surface area (Å²) < 4.78 is 0. The van der Waals surface area contributed by atoms with E-state index >= 15 is 0 Å². The number of nitrogen functional groups attached to an aromatic ring is 2. The molecule has 2 aromatic heterocycles. The van der Waals surface area contributed by atoms with Crippen LogP contribution >= 0.6 is 11.8 Å². The summed E-state index contributed by atoms with van der Waals surface area (Å²) >= 11 is 1.30. The highest BCUT2D eigenvalue weighted by Crippen LogP contribution is 2.25. The first kappa shape index (κ1) is 14.3. The van der Waals surface area contributed by atoms with Gasteiger partial charge in [0.05, 0.1) is 0 Å². The Balaban J connectivity index is 2.21. The summed E-state index contributed by atoms with van der Waals surface area (Å²) in [6.45, 7) is 4.80. The van der Waals surface area contributed by atoms with Crippen LogP contribution in [0.25, 0.3) is 0 Å². The SMILES string of the molecule is CCCNc1cc(Sc2nc(N)cc(N)n2)nc(C)n1. The molecule has 2 aromatic rings. The molecule has 0 aliphatic heterocycles. The van der Waals surface area contributed by atoms with Crippen molar-refractivity contribution in [1.29, 1.82) is 0 Å². The predicted octanol–water partition coefficient (Wildman–Crippen LogP) is 1.71. The largest absolute Gasteiger partial charge is 0.383 e. The third kappa shape index (κ3) is 3.95. The fourth-order valence-corrected chi connectivity index (χ4v) is 2.37. The van der Waals surface area contributed by atoms with Gasteiger partial charge in [0.1, 0.15) is 28.3 Å². The van der Waals surface area contributed by atoms with Crippen LogP contribution in [0.5, 0.6) is 0 Å². The second kappa shape index (κ2) is 6.38. The molecule has 20 heavy (non-hydrogen) atoms. The van der Waals surface area contributed by atoms with Crippen LogP contribution in [0.4, 0.5) is 17.5 Å². The Labute approximate surface area is 121 Å². The summed E-state index contributed by atoms with van der Waals surface area (Å²) in [5.74, 6) is 2.16. The van der Waals surface area contributed by atoms with Gasteiger partial charge in [0.15, 0.2) is 5.16 Å². The molecule has 0 bridgehead atoms. The monoisotopic (exact) mass is 291 g/mol. The quantitative estimate of drug-likeness (QED) is 0.563. The van der Waals surface area contributed by atoms with Gasteiger partial charge in [-0.2, -0.15) is 0 Å². The molecule has 106 valence electrons. The highest BCUT2D eigenvalue weighted by Gasteiger charge is 2.07. The molecule has 0 radical (unpaired) electrons. The van der Waals surface area contributed by atoms with Crippen LogP contribution in [-0.4, -0.2) is 26.5 Å². The Bertz CT molecular complexity index is 582. The number of nitrogens with zero attached hydrogens (tertiary/aromatic N) is 4. The smallest absolute Gasteiger partial charge is 0.197 e. The van der Waals surface area contributed by atoms with Crippen molar-refractivity contribution in [2.24, 2.45) is 0 Å². The zero-order chi connectivity index (χ0) is 14.5. The lowest BCUT2D eigenvalue weighted by Gasteiger charge is -2.07. The zero-order valence-electron chi connectivity index (χ0n) is 11.4. The number of nitrogens with one attached hydrogen (secondary N) is 1. The van der Waals surface area contributed by atoms with E-state index in [1.807, 2.05) is 13.0 Å². The van der Waals surface area contributed by atoms with Crippen LogP contribution in [0.1, 0.15) is 19.2 Å². The van der Waals surface area contributed by atoms with Crippen molar-refractivity contribution in [3.63, 3.8) is 0 Å². The molecule has 0 aromatic carbocycles. The van der Waals surface area contributed by atoms with Crippen molar-refractivity contribution in [1.82, 2.24) is 19.9 Å². The number of aromatic nitrogens is 4. The molecule has 0 amide bonds. The van der Waals surface area contributed by atoms with Gasteiger partial charge in [-0.05, 0) is 25.1 Å². The van der Waals surface area contributed by atoms with Gasteiger partial charge in [0.25, 0.3) is 0 Å². The molecule has 0 spiro atoms. The van der Waals surface area contributed by atoms with Gasteiger partial charge in [0, 0.05) is 18.7 Å². The summed E-state index contributed by atoms with van der Waals surface area (Å²) in [6.07, 6.45) is 1.03. The second-order valence-corrected chi connectivity index (χ2v) is 5.16. The van der Waals surface area contributed by atoms with E-state index < -0.39 is 0 Å². The third-order valence-electron chi connectivity index (χ3n) is 2.31. The van der Waals surface area contributed by atoms with Crippen molar-refractivity contribution < 1.29 is 0 Å². The summed E-state index contributed by atoms with van der Waals surface area (Å²) in [4.78, 5) is 16.9. The summed E-state index contributed by atoms with van der Waals surface area (Å²) in [5, 5.41) is 4.45. The van der Waals surface area contributed by atoms with Crippen LogP contribution < -0.4 is 16.8 Å². The van der Waals surface area contributed by atoms with Crippen molar-refractivity contribution >= 4 is 29.2 Å². The van der Waals surface area contributed by atoms with Gasteiger partial charge in [-0.25, -0.2) is 19.9 Å². The lowest BCUT2D eigenvalue weighted by molar-refractivity contribution is 0.921. The van der Waals surface area contributed by atoms with Gasteiger partial charge in [0.2, 0.25) is 0 Å². The van der Waals surface area contributed by atoms with Gasteiger partial charge in [-0.3, -0.25) is 0 Å². The van der Waals surface area contributed by atoms with Crippen LogP contribution in [0, 0.1) is 6.92 Å². The Morgan fingerprint density at radius 2 is 1.80 bits per heavy atom. The van der Waals surface area contributed by atoms with Gasteiger partial charge in [-0.1, -0.05) is 6.92 Å². The lowest BCUT2D eigenvalue weighted by atomic mass is 10.4. The van der Waals surface area contributed by atoms with Crippen LogP contribution in [0.2, 0.25) is 0 Å². The molecule has 7 nitrogen and oxygen atoms in total. The second-order valence-electron chi connectivity index (χ2n) is 4.17. The van der Waals surface area contributed by atoms with Crippen LogP contribution in [0.3, 0.4) is 0 Å². The Morgan fingerprint density at radius 1 is 1.10 bits per heavy atom. The number of nitrogens with two attached hydrogens (primary N) is 2. The molecule has 8 heteroatoms. The molecule has 0 atom stereocenters. The first-order chi connectivity index (χ1) is 9.56. The van der Waals surface area contributed by atoms with E-state index in [1.54, 1.807) is 0 Å². The summed E-state index contributed by atoms with van der Waals surface area (Å²) in [6, 6.07) is 3.37. The third-order valence-corrected chi connectivity index (χ3v) is 3.10. The minimum atomic E-state index is 0.343. The maximum atomic E-state index is 5.65. The Morgan fingerprint density at radius 3 is 2.45 bits per heavy atom. The first-order valence-electron chi connectivity index (χ1n) is 6.24. The molecule has 0 aliphatic rings. The Hall–Kier alpha value is -2.09. The maximum absolute atomic E-state index is 5.65. The van der Waals surface area contributed by atoms with Crippen LogP contribution in [0.15, 0.2) is 22.3 Å². The molecule has 5 N–H and O–H groups in total. The molecule has 0 aliphatic carbocycles. The molecule has 0 fully saturated rings. The van der Waals surface area contributed by atoms with E-state index in [9.17, 15) is 0 Å². The van der Waals surface area contributed by atoms with Crippen molar-refractivity contribution in [3.8, 4) is 0 Å². The van der Waals surface area contributed by atoms with Crippen LogP contribution in [-0.2, 0) is 0 Å². The predicted molar refractivity (Wildman–Crippen MR) is 80.5 cm³/mol. The number of hydrogen-bond donors (Lipinski definition) is 3. The summed E-state index contributed by atoms with van der Waals surface area (Å²) in [5.41, 5.74) is 11.3. The average Bonchev–Trinajstić information content (AvgIpc) is 2.34. The van der Waals surface area contributed by atoms with E-state index in [1.165, 1.54) is 17.8 Å². The van der Waals surface area contributed by atoms with Gasteiger partial charge < -0.3 is 16.8 Å². The number of anilines is 3. The summed E-state index contributed by atoms with van der Waals surface area (Å²) in [7, 11) is 0. The van der Waals surface area contributed by atoms with Crippen molar-refractivity contribution in [2.75, 3.05) is 23.3 Å². The number of aryl methyl sites for hydroxylation is 1. The van der Waals surface area contributed by atoms with Crippen molar-refractivity contribution in [2.45, 2.75) is 30.5 Å². The molecule has 0 saturated heterocycles. The normalized spacial score (nSPS) is 10.5. The highest BCUT2D eigenvalue weighted by atomic mass is 32.2. The molecule has 2 heterocycles. The zero-order valence-corrected chi connectivity index (χ0v) is 12.2. The molecule has 0 unspecified atom stereocenters. The topological polar surface area (TPSA) is 116 Å². The molecule has 2 rings (SSSR count). The maximum Gasteiger partial charge on any atom is 0.197 e. The van der Waals surface area contributed by atoms with Gasteiger partial charge >= 0.3 is 0 Å². The fourth-order valence-electron chi connectivity index (χ4n) is 1.54. The number of hydrogen-bond acceptors (Lipinski definition) is 8. The van der Waals surface area contributed by atoms with E-state index in [-0.39, 0.29) is 0 Å². The Kier molecular flexibility index (Phi) is 4.57. The average molecular weight is 291 g/mol. The number of rotatable bonds is 5. The molecular weight excluding hydrogens is 274 g/mol. The van der Waals surface area contributed by atoms with E-state index in [4.69, 9.17) is 11.5 Å². The minimum Gasteiger partial charge on any atom is -0.383 e. The van der Waals surface area contributed by atoms with E-state index in [2.05, 4.69) is 32.2 Å². The first-order valence-corrected chi connectivity index (χ1v) is 7.06. The van der Waals surface area contributed by atoms with E-state index in [0.717, 1.165) is 23.8 Å². The van der Waals surface area contributed by atoms with Gasteiger partial charge in [-0.15, -0.1) is 0 Å².